The molecule has 1 saturated carbocycles. The van der Waals surface area contributed by atoms with E-state index in [1.54, 1.807) is 0 Å². The van der Waals surface area contributed by atoms with E-state index < -0.39 is 0 Å². The molecule has 0 radical (unpaired) electrons. The van der Waals surface area contributed by atoms with Gasteiger partial charge in [-0.25, -0.2) is 4.99 Å². The summed E-state index contributed by atoms with van der Waals surface area (Å²) in [6.07, 6.45) is 9.63. The van der Waals surface area contributed by atoms with E-state index in [4.69, 9.17) is 0 Å². The van der Waals surface area contributed by atoms with Crippen molar-refractivity contribution in [3.63, 3.8) is 0 Å². The Labute approximate surface area is 79.4 Å². The second-order valence-electron chi connectivity index (χ2n) is 3.78. The molecular weight excluding hydrogens is 162 g/mol. The van der Waals surface area contributed by atoms with E-state index in [2.05, 4.69) is 15.3 Å². The van der Waals surface area contributed by atoms with E-state index in [-0.39, 0.29) is 0 Å². The third-order valence-electron chi connectivity index (χ3n) is 2.67. The molecule has 0 bridgehead atoms. The van der Waals surface area contributed by atoms with Gasteiger partial charge in [0, 0.05) is 25.2 Å². The first kappa shape index (κ1) is 8.73. The van der Waals surface area contributed by atoms with E-state index in [0.717, 1.165) is 18.9 Å². The fraction of sp³-hybridized carbons (Fsp3) is 0.800. The van der Waals surface area contributed by atoms with E-state index >= 15 is 0 Å². The zero-order valence-corrected chi connectivity index (χ0v) is 8.00. The second-order valence-corrected chi connectivity index (χ2v) is 3.78. The minimum atomic E-state index is 0.628. The predicted octanol–water partition coefficient (Wildman–Crippen LogP) is 1.74. The second kappa shape index (κ2) is 4.40. The van der Waals surface area contributed by atoms with Crippen LogP contribution in [0.2, 0.25) is 0 Å². The van der Waals surface area contributed by atoms with Crippen molar-refractivity contribution in [3.05, 3.63) is 0 Å². The van der Waals surface area contributed by atoms with Crippen LogP contribution in [0.15, 0.2) is 9.98 Å². The van der Waals surface area contributed by atoms with Crippen LogP contribution in [0.5, 0.6) is 0 Å². The molecule has 0 unspecified atom stereocenters. The zero-order chi connectivity index (χ0) is 8.93. The monoisotopic (exact) mass is 179 g/mol. The summed E-state index contributed by atoms with van der Waals surface area (Å²) in [6, 6.07) is 0.628. The van der Waals surface area contributed by atoms with Gasteiger partial charge < -0.3 is 5.32 Å². The van der Waals surface area contributed by atoms with Gasteiger partial charge in [-0.2, -0.15) is 0 Å². The lowest BCUT2D eigenvalue weighted by atomic mass is 9.96. The minimum Gasteiger partial charge on any atom is -0.352 e. The molecule has 0 spiro atoms. The molecule has 0 aromatic rings. The summed E-state index contributed by atoms with van der Waals surface area (Å²) < 4.78 is 0. The maximum Gasteiger partial charge on any atom is 0.217 e. The van der Waals surface area contributed by atoms with E-state index in [0.29, 0.717) is 6.04 Å². The van der Waals surface area contributed by atoms with Crippen molar-refractivity contribution in [3.8, 4) is 0 Å². The number of hydrogen-bond donors (Lipinski definition) is 1. The van der Waals surface area contributed by atoms with Gasteiger partial charge in [0.25, 0.3) is 0 Å². The Hall–Kier alpha value is -0.860. The van der Waals surface area contributed by atoms with Crippen molar-refractivity contribution in [2.45, 2.75) is 44.6 Å². The van der Waals surface area contributed by atoms with Crippen LogP contribution in [0.1, 0.15) is 38.5 Å². The Balaban J connectivity index is 1.82. The van der Waals surface area contributed by atoms with Crippen molar-refractivity contribution < 1.29 is 0 Å². The van der Waals surface area contributed by atoms with E-state index in [1.807, 2.05) is 6.21 Å². The van der Waals surface area contributed by atoms with Crippen LogP contribution in [0.3, 0.4) is 0 Å². The smallest absolute Gasteiger partial charge is 0.217 e. The van der Waals surface area contributed by atoms with Gasteiger partial charge >= 0.3 is 0 Å². The molecule has 0 saturated heterocycles. The molecule has 1 heterocycles. The summed E-state index contributed by atoms with van der Waals surface area (Å²) in [5.74, 6) is 0.859. The lowest BCUT2D eigenvalue weighted by Crippen LogP contribution is -2.36. The molecule has 0 amide bonds. The third kappa shape index (κ3) is 2.54. The Kier molecular flexibility index (Phi) is 2.95. The van der Waals surface area contributed by atoms with Crippen LogP contribution in [-0.4, -0.2) is 24.8 Å². The fourth-order valence-electron chi connectivity index (χ4n) is 1.93. The Morgan fingerprint density at radius 3 is 2.77 bits per heavy atom. The minimum absolute atomic E-state index is 0.628. The predicted molar refractivity (Wildman–Crippen MR) is 55.4 cm³/mol. The maximum atomic E-state index is 4.33. The molecule has 1 N–H and O–H groups in total. The number of hydrogen-bond acceptors (Lipinski definition) is 3. The van der Waals surface area contributed by atoms with Crippen LogP contribution < -0.4 is 5.32 Å². The molecule has 1 aliphatic heterocycles. The van der Waals surface area contributed by atoms with Crippen LogP contribution >= 0.6 is 0 Å². The van der Waals surface area contributed by atoms with Gasteiger partial charge in [0.05, 0.1) is 0 Å². The summed E-state index contributed by atoms with van der Waals surface area (Å²) in [4.78, 5) is 8.57. The van der Waals surface area contributed by atoms with Crippen LogP contribution in [0.25, 0.3) is 0 Å². The quantitative estimate of drug-likeness (QED) is 0.654. The van der Waals surface area contributed by atoms with Crippen molar-refractivity contribution in [2.24, 2.45) is 9.98 Å². The first-order valence-electron chi connectivity index (χ1n) is 5.29. The van der Waals surface area contributed by atoms with Crippen molar-refractivity contribution in [2.75, 3.05) is 6.54 Å². The lowest BCUT2D eigenvalue weighted by molar-refractivity contribution is 0.412. The highest BCUT2D eigenvalue weighted by molar-refractivity contribution is 5.89. The fourth-order valence-corrected chi connectivity index (χ4v) is 1.93. The largest absolute Gasteiger partial charge is 0.352 e. The highest BCUT2D eigenvalue weighted by Gasteiger charge is 2.14. The highest BCUT2D eigenvalue weighted by Crippen LogP contribution is 2.17. The first-order chi connectivity index (χ1) is 6.45. The van der Waals surface area contributed by atoms with Gasteiger partial charge in [-0.1, -0.05) is 19.3 Å². The maximum absolute atomic E-state index is 4.33. The van der Waals surface area contributed by atoms with Gasteiger partial charge in [-0.15, -0.1) is 0 Å². The van der Waals surface area contributed by atoms with Gasteiger partial charge in [0.15, 0.2) is 0 Å². The van der Waals surface area contributed by atoms with Gasteiger partial charge in [0.1, 0.15) is 0 Å². The van der Waals surface area contributed by atoms with Crippen LogP contribution in [-0.2, 0) is 0 Å². The average Bonchev–Trinajstić information content (AvgIpc) is 2.21. The average molecular weight is 179 g/mol. The lowest BCUT2D eigenvalue weighted by Gasteiger charge is -2.23. The molecule has 0 atom stereocenters. The van der Waals surface area contributed by atoms with Gasteiger partial charge in [0.2, 0.25) is 5.96 Å². The topological polar surface area (TPSA) is 36.8 Å². The SMILES string of the molecule is C1=NC(NC2CCCCC2)=NCC1. The number of nitrogens with zero attached hydrogens (tertiary/aromatic N) is 2. The molecule has 3 heteroatoms. The number of guanidine groups is 1. The summed E-state index contributed by atoms with van der Waals surface area (Å²) >= 11 is 0. The third-order valence-corrected chi connectivity index (χ3v) is 2.67. The summed E-state index contributed by atoms with van der Waals surface area (Å²) in [5, 5.41) is 3.41. The molecule has 2 aliphatic rings. The Morgan fingerprint density at radius 2 is 2.08 bits per heavy atom. The molecular formula is C10H17N3. The molecule has 72 valence electrons. The molecule has 13 heavy (non-hydrogen) atoms. The Morgan fingerprint density at radius 1 is 1.23 bits per heavy atom. The van der Waals surface area contributed by atoms with E-state index in [1.165, 1.54) is 32.1 Å². The molecule has 1 fully saturated rings. The summed E-state index contributed by atoms with van der Waals surface area (Å²) in [7, 11) is 0. The Bertz CT molecular complexity index is 214. The molecule has 1 aliphatic carbocycles. The number of aliphatic imine (C=N–C) groups is 2. The standard InChI is InChI=1S/C10H17N3/c1-2-5-9(6-3-1)13-10-11-7-4-8-12-10/h7,9H,1-6,8H2,(H,12,13). The number of nitrogens with one attached hydrogen (secondary N) is 1. The van der Waals surface area contributed by atoms with Crippen molar-refractivity contribution in [1.82, 2.24) is 5.32 Å². The molecule has 3 nitrogen and oxygen atoms in total. The van der Waals surface area contributed by atoms with Crippen molar-refractivity contribution in [1.29, 1.82) is 0 Å². The molecule has 0 aromatic carbocycles. The van der Waals surface area contributed by atoms with Gasteiger partial charge in [-0.05, 0) is 12.8 Å². The summed E-state index contributed by atoms with van der Waals surface area (Å²) in [5.41, 5.74) is 0. The van der Waals surface area contributed by atoms with E-state index in [9.17, 15) is 0 Å². The van der Waals surface area contributed by atoms with Gasteiger partial charge in [-0.3, -0.25) is 4.99 Å². The van der Waals surface area contributed by atoms with Crippen molar-refractivity contribution >= 4 is 12.2 Å². The van der Waals surface area contributed by atoms with Crippen LogP contribution in [0, 0.1) is 0 Å². The molecule has 0 aromatic heterocycles. The highest BCUT2D eigenvalue weighted by atomic mass is 15.1. The first-order valence-corrected chi connectivity index (χ1v) is 5.29. The zero-order valence-electron chi connectivity index (χ0n) is 8.00. The summed E-state index contributed by atoms with van der Waals surface area (Å²) in [6.45, 7) is 0.901. The number of rotatable bonds is 1. The molecule has 2 rings (SSSR count). The van der Waals surface area contributed by atoms with Crippen LogP contribution in [0.4, 0.5) is 0 Å². The normalized spacial score (nSPS) is 24.2.